The first-order chi connectivity index (χ1) is 6.70. The van der Waals surface area contributed by atoms with Crippen LogP contribution in [-0.2, 0) is 19.1 Å². The van der Waals surface area contributed by atoms with E-state index in [2.05, 4.69) is 16.1 Å². The molecule has 0 unspecified atom stereocenters. The molecule has 0 atom stereocenters. The second-order valence-corrected chi connectivity index (χ2v) is 2.28. The maximum atomic E-state index is 10.6. The summed E-state index contributed by atoms with van der Waals surface area (Å²) in [6.45, 7) is 3.53. The lowest BCUT2D eigenvalue weighted by atomic mass is 10.4. The van der Waals surface area contributed by atoms with E-state index in [1.807, 2.05) is 0 Å². The normalized spacial score (nSPS) is 8.50. The van der Waals surface area contributed by atoms with Crippen molar-refractivity contribution in [1.29, 1.82) is 5.26 Å². The van der Waals surface area contributed by atoms with E-state index in [1.54, 1.807) is 6.07 Å². The fourth-order valence-electron chi connectivity index (χ4n) is 0.592. The Morgan fingerprint density at radius 3 is 2.57 bits per heavy atom. The lowest BCUT2D eigenvalue weighted by Crippen LogP contribution is -2.08. The van der Waals surface area contributed by atoms with E-state index < -0.39 is 11.9 Å². The summed E-state index contributed by atoms with van der Waals surface area (Å²) >= 11 is 0. The van der Waals surface area contributed by atoms with Crippen LogP contribution in [0.25, 0.3) is 0 Å². The third-order valence-electron chi connectivity index (χ3n) is 1.19. The Hall–Kier alpha value is -1.83. The van der Waals surface area contributed by atoms with Crippen LogP contribution in [0.5, 0.6) is 0 Å². The lowest BCUT2D eigenvalue weighted by molar-refractivity contribution is -0.143. The summed E-state index contributed by atoms with van der Waals surface area (Å²) in [4.78, 5) is 21.1. The van der Waals surface area contributed by atoms with Gasteiger partial charge in [0.05, 0.1) is 19.3 Å². The molecule has 0 aromatic heterocycles. The van der Waals surface area contributed by atoms with Gasteiger partial charge in [-0.05, 0) is 0 Å². The molecule has 0 aliphatic carbocycles. The fourth-order valence-corrected chi connectivity index (χ4v) is 0.592. The molecular formula is C9H11NO4. The molecule has 0 amide bonds. The molecule has 0 bridgehead atoms. The highest BCUT2D eigenvalue weighted by Crippen LogP contribution is 1.89. The molecule has 0 radical (unpaired) electrons. The number of rotatable bonds is 6. The summed E-state index contributed by atoms with van der Waals surface area (Å²) in [5, 5.41) is 8.11. The molecule has 0 aromatic rings. The second-order valence-electron chi connectivity index (χ2n) is 2.28. The molecule has 0 aromatic carbocycles. The van der Waals surface area contributed by atoms with E-state index >= 15 is 0 Å². The first kappa shape index (κ1) is 12.2. The van der Waals surface area contributed by atoms with Crippen molar-refractivity contribution in [2.45, 2.75) is 12.8 Å². The molecule has 5 heteroatoms. The van der Waals surface area contributed by atoms with Crippen LogP contribution in [0.1, 0.15) is 12.8 Å². The first-order valence-electron chi connectivity index (χ1n) is 4.02. The van der Waals surface area contributed by atoms with Crippen LogP contribution < -0.4 is 0 Å². The number of nitriles is 1. The van der Waals surface area contributed by atoms with Crippen LogP contribution in [0.2, 0.25) is 0 Å². The Bertz CT molecular complexity index is 254. The summed E-state index contributed by atoms with van der Waals surface area (Å²) in [5.74, 6) is -1.07. The van der Waals surface area contributed by atoms with Gasteiger partial charge in [-0.2, -0.15) is 5.26 Å². The fraction of sp³-hybridized carbons (Fsp3) is 0.444. The molecule has 0 aliphatic heterocycles. The highest BCUT2D eigenvalue weighted by atomic mass is 16.5. The first-order valence-corrected chi connectivity index (χ1v) is 4.02. The van der Waals surface area contributed by atoms with Gasteiger partial charge in [-0.25, -0.2) is 4.79 Å². The number of nitrogens with zero attached hydrogens (tertiary/aromatic N) is 1. The minimum absolute atomic E-state index is 0.144. The van der Waals surface area contributed by atoms with E-state index in [1.165, 1.54) is 0 Å². The van der Waals surface area contributed by atoms with Gasteiger partial charge in [0.2, 0.25) is 0 Å². The zero-order valence-corrected chi connectivity index (χ0v) is 7.69. The van der Waals surface area contributed by atoms with Crippen LogP contribution in [0.3, 0.4) is 0 Å². The molecule has 5 nitrogen and oxygen atoms in total. The SMILES string of the molecule is C=CC(=O)OCCCOC(=O)CC#N. The van der Waals surface area contributed by atoms with Crippen molar-refractivity contribution in [3.63, 3.8) is 0 Å². The average molecular weight is 197 g/mol. The number of esters is 2. The number of carbonyl (C=O) groups excluding carboxylic acids is 2. The highest BCUT2D eigenvalue weighted by Gasteiger charge is 2.00. The minimum Gasteiger partial charge on any atom is -0.465 e. The monoisotopic (exact) mass is 197 g/mol. The Balaban J connectivity index is 3.30. The van der Waals surface area contributed by atoms with Gasteiger partial charge in [-0.3, -0.25) is 4.79 Å². The van der Waals surface area contributed by atoms with Crippen LogP contribution in [-0.4, -0.2) is 25.2 Å². The summed E-state index contributed by atoms with van der Waals surface area (Å²) < 4.78 is 9.24. The molecule has 14 heavy (non-hydrogen) atoms. The predicted molar refractivity (Wildman–Crippen MR) is 47.0 cm³/mol. The molecule has 0 N–H and O–H groups in total. The van der Waals surface area contributed by atoms with Crippen LogP contribution in [0, 0.1) is 11.3 Å². The van der Waals surface area contributed by atoms with Gasteiger partial charge in [0.1, 0.15) is 6.42 Å². The Kier molecular flexibility index (Phi) is 6.78. The Morgan fingerprint density at radius 2 is 2.00 bits per heavy atom. The average Bonchev–Trinajstić information content (AvgIpc) is 2.17. The van der Waals surface area contributed by atoms with Crippen molar-refractivity contribution in [3.8, 4) is 6.07 Å². The molecule has 0 spiro atoms. The lowest BCUT2D eigenvalue weighted by Gasteiger charge is -2.02. The van der Waals surface area contributed by atoms with E-state index in [9.17, 15) is 9.59 Å². The van der Waals surface area contributed by atoms with Gasteiger partial charge in [-0.1, -0.05) is 6.58 Å². The van der Waals surface area contributed by atoms with Gasteiger partial charge in [-0.15, -0.1) is 0 Å². The summed E-state index contributed by atoms with van der Waals surface area (Å²) in [5.41, 5.74) is 0. The van der Waals surface area contributed by atoms with Gasteiger partial charge < -0.3 is 9.47 Å². The molecule has 0 rings (SSSR count). The van der Waals surface area contributed by atoms with Gasteiger partial charge in [0.15, 0.2) is 0 Å². The number of carbonyl (C=O) groups is 2. The molecule has 0 fully saturated rings. The van der Waals surface area contributed by atoms with Crippen molar-refractivity contribution in [2.75, 3.05) is 13.2 Å². The highest BCUT2D eigenvalue weighted by molar-refractivity contribution is 5.81. The maximum absolute atomic E-state index is 10.6. The van der Waals surface area contributed by atoms with E-state index in [0.717, 1.165) is 6.08 Å². The molecule has 0 saturated carbocycles. The molecule has 0 heterocycles. The van der Waals surface area contributed by atoms with Crippen molar-refractivity contribution in [3.05, 3.63) is 12.7 Å². The smallest absolute Gasteiger partial charge is 0.330 e. The van der Waals surface area contributed by atoms with Crippen molar-refractivity contribution >= 4 is 11.9 Å². The van der Waals surface area contributed by atoms with Crippen molar-refractivity contribution in [1.82, 2.24) is 0 Å². The number of ether oxygens (including phenoxy) is 2. The number of hydrogen-bond donors (Lipinski definition) is 0. The maximum Gasteiger partial charge on any atom is 0.330 e. The predicted octanol–water partition coefficient (Wildman–Crippen LogP) is 0.563. The molecule has 0 saturated heterocycles. The van der Waals surface area contributed by atoms with Crippen LogP contribution in [0.15, 0.2) is 12.7 Å². The molecular weight excluding hydrogens is 186 g/mol. The molecule has 76 valence electrons. The summed E-state index contributed by atoms with van der Waals surface area (Å²) in [7, 11) is 0. The molecule has 0 aliphatic rings. The van der Waals surface area contributed by atoms with Crippen LogP contribution in [0.4, 0.5) is 0 Å². The van der Waals surface area contributed by atoms with Crippen molar-refractivity contribution < 1.29 is 19.1 Å². The second kappa shape index (κ2) is 7.80. The topological polar surface area (TPSA) is 76.4 Å². The van der Waals surface area contributed by atoms with Crippen molar-refractivity contribution in [2.24, 2.45) is 0 Å². The van der Waals surface area contributed by atoms with E-state index in [0.29, 0.717) is 6.42 Å². The zero-order valence-electron chi connectivity index (χ0n) is 7.69. The third-order valence-corrected chi connectivity index (χ3v) is 1.19. The Labute approximate surface area is 81.9 Å². The summed E-state index contributed by atoms with van der Waals surface area (Å²) in [6, 6.07) is 1.66. The minimum atomic E-state index is -0.567. The number of hydrogen-bond acceptors (Lipinski definition) is 5. The Morgan fingerprint density at radius 1 is 1.36 bits per heavy atom. The van der Waals surface area contributed by atoms with Gasteiger partial charge >= 0.3 is 11.9 Å². The van der Waals surface area contributed by atoms with Crippen LogP contribution >= 0.6 is 0 Å². The zero-order chi connectivity index (χ0) is 10.8. The van der Waals surface area contributed by atoms with E-state index in [-0.39, 0.29) is 19.6 Å². The third kappa shape index (κ3) is 6.85. The largest absolute Gasteiger partial charge is 0.465 e. The van der Waals surface area contributed by atoms with E-state index in [4.69, 9.17) is 5.26 Å². The quantitative estimate of drug-likeness (QED) is 0.353. The van der Waals surface area contributed by atoms with Gasteiger partial charge in [0, 0.05) is 12.5 Å². The summed E-state index contributed by atoms with van der Waals surface area (Å²) in [6.07, 6.45) is 1.21. The van der Waals surface area contributed by atoms with Gasteiger partial charge in [0.25, 0.3) is 0 Å². The standard InChI is InChI=1S/C9H11NO4/c1-2-8(11)13-6-3-7-14-9(12)4-5-10/h2H,1,3-4,6-7H2.